The van der Waals surface area contributed by atoms with Gasteiger partial charge in [-0.3, -0.25) is 0 Å². The van der Waals surface area contributed by atoms with E-state index in [0.29, 0.717) is 6.04 Å². The zero-order valence-corrected chi connectivity index (χ0v) is 8.79. The number of hydrogen-bond donors (Lipinski definition) is 1. The summed E-state index contributed by atoms with van der Waals surface area (Å²) in [5.41, 5.74) is 1.29. The third-order valence-electron chi connectivity index (χ3n) is 2.87. The SMILES string of the molecule is COc1ccccc1[C@@H]1C[C@@H](C)CN1. The first kappa shape index (κ1) is 9.53. The van der Waals surface area contributed by atoms with Crippen LogP contribution in [-0.4, -0.2) is 13.7 Å². The number of benzene rings is 1. The molecule has 0 aromatic heterocycles. The Morgan fingerprint density at radius 3 is 2.79 bits per heavy atom. The third-order valence-corrected chi connectivity index (χ3v) is 2.87. The van der Waals surface area contributed by atoms with Gasteiger partial charge >= 0.3 is 0 Å². The van der Waals surface area contributed by atoms with Crippen LogP contribution in [-0.2, 0) is 0 Å². The first-order valence-electron chi connectivity index (χ1n) is 5.17. The molecular weight excluding hydrogens is 174 g/mol. The minimum atomic E-state index is 0.473. The van der Waals surface area contributed by atoms with Gasteiger partial charge in [-0.1, -0.05) is 25.1 Å². The standard InChI is InChI=1S/C12H17NO/c1-9-7-11(13-8-9)10-5-3-4-6-12(10)14-2/h3-6,9,11,13H,7-8H2,1-2H3/t9-,11+/m1/s1. The van der Waals surface area contributed by atoms with Crippen molar-refractivity contribution in [2.45, 2.75) is 19.4 Å². The Labute approximate surface area is 85.3 Å². The molecule has 1 aromatic rings. The molecule has 1 saturated heterocycles. The first-order valence-corrected chi connectivity index (χ1v) is 5.17. The molecule has 1 fully saturated rings. The molecule has 2 atom stereocenters. The van der Waals surface area contributed by atoms with Gasteiger partial charge in [-0.2, -0.15) is 0 Å². The number of nitrogens with one attached hydrogen (secondary N) is 1. The molecule has 0 spiro atoms. The highest BCUT2D eigenvalue weighted by Gasteiger charge is 2.23. The van der Waals surface area contributed by atoms with E-state index < -0.39 is 0 Å². The summed E-state index contributed by atoms with van der Waals surface area (Å²) in [7, 11) is 1.73. The van der Waals surface area contributed by atoms with Crippen LogP contribution in [0.1, 0.15) is 24.9 Å². The largest absolute Gasteiger partial charge is 0.496 e. The van der Waals surface area contributed by atoms with Crippen LogP contribution in [0, 0.1) is 5.92 Å². The highest BCUT2D eigenvalue weighted by molar-refractivity contribution is 5.36. The summed E-state index contributed by atoms with van der Waals surface area (Å²) in [6.45, 7) is 3.39. The van der Waals surface area contributed by atoms with Crippen molar-refractivity contribution in [2.24, 2.45) is 5.92 Å². The molecule has 0 unspecified atom stereocenters. The maximum absolute atomic E-state index is 5.35. The molecule has 1 heterocycles. The minimum Gasteiger partial charge on any atom is -0.496 e. The molecule has 0 saturated carbocycles. The Morgan fingerprint density at radius 1 is 1.36 bits per heavy atom. The first-order chi connectivity index (χ1) is 6.81. The van der Waals surface area contributed by atoms with Gasteiger partial charge in [0.25, 0.3) is 0 Å². The second-order valence-electron chi connectivity index (χ2n) is 4.04. The average molecular weight is 191 g/mol. The fraction of sp³-hybridized carbons (Fsp3) is 0.500. The lowest BCUT2D eigenvalue weighted by Crippen LogP contribution is -2.14. The average Bonchev–Trinajstić information content (AvgIpc) is 2.65. The van der Waals surface area contributed by atoms with Crippen LogP contribution >= 0.6 is 0 Å². The van der Waals surface area contributed by atoms with Crippen LogP contribution < -0.4 is 10.1 Å². The predicted octanol–water partition coefficient (Wildman–Crippen LogP) is 2.37. The van der Waals surface area contributed by atoms with Crippen molar-refractivity contribution in [1.29, 1.82) is 0 Å². The number of methoxy groups -OCH3 is 1. The van der Waals surface area contributed by atoms with Gasteiger partial charge in [-0.05, 0) is 24.9 Å². The number of para-hydroxylation sites is 1. The Bertz CT molecular complexity index is 311. The van der Waals surface area contributed by atoms with Gasteiger partial charge < -0.3 is 10.1 Å². The van der Waals surface area contributed by atoms with E-state index in [-0.39, 0.29) is 0 Å². The summed E-state index contributed by atoms with van der Waals surface area (Å²) in [5, 5.41) is 3.52. The van der Waals surface area contributed by atoms with Gasteiger partial charge in [0.15, 0.2) is 0 Å². The summed E-state index contributed by atoms with van der Waals surface area (Å²) in [6, 6.07) is 8.73. The van der Waals surface area contributed by atoms with Gasteiger partial charge in [0, 0.05) is 11.6 Å². The normalized spacial score (nSPS) is 26.4. The van der Waals surface area contributed by atoms with E-state index in [1.165, 1.54) is 12.0 Å². The molecule has 2 heteroatoms. The smallest absolute Gasteiger partial charge is 0.123 e. The molecule has 76 valence electrons. The molecule has 2 rings (SSSR count). The highest BCUT2D eigenvalue weighted by atomic mass is 16.5. The Kier molecular flexibility index (Phi) is 2.73. The van der Waals surface area contributed by atoms with Crippen molar-refractivity contribution >= 4 is 0 Å². The van der Waals surface area contributed by atoms with Crippen LogP contribution in [0.15, 0.2) is 24.3 Å². The third kappa shape index (κ3) is 1.75. The lowest BCUT2D eigenvalue weighted by atomic mass is 10.0. The molecule has 2 nitrogen and oxygen atoms in total. The van der Waals surface area contributed by atoms with Crippen LogP contribution in [0.25, 0.3) is 0 Å². The van der Waals surface area contributed by atoms with Crippen LogP contribution in [0.4, 0.5) is 0 Å². The van der Waals surface area contributed by atoms with Crippen molar-refractivity contribution in [3.05, 3.63) is 29.8 Å². The minimum absolute atomic E-state index is 0.473. The quantitative estimate of drug-likeness (QED) is 0.775. The maximum atomic E-state index is 5.35. The summed E-state index contributed by atoms with van der Waals surface area (Å²) in [4.78, 5) is 0. The zero-order chi connectivity index (χ0) is 9.97. The Balaban J connectivity index is 2.22. The van der Waals surface area contributed by atoms with E-state index in [4.69, 9.17) is 4.74 Å². The molecular formula is C12H17NO. The fourth-order valence-corrected chi connectivity index (χ4v) is 2.10. The molecule has 1 aliphatic heterocycles. The van der Waals surface area contributed by atoms with E-state index in [0.717, 1.165) is 18.2 Å². The van der Waals surface area contributed by atoms with Crippen LogP contribution in [0.5, 0.6) is 5.75 Å². The van der Waals surface area contributed by atoms with Crippen molar-refractivity contribution in [3.63, 3.8) is 0 Å². The summed E-state index contributed by atoms with van der Waals surface area (Å²) in [5.74, 6) is 1.77. The van der Waals surface area contributed by atoms with E-state index in [9.17, 15) is 0 Å². The highest BCUT2D eigenvalue weighted by Crippen LogP contribution is 2.32. The van der Waals surface area contributed by atoms with Crippen molar-refractivity contribution in [2.75, 3.05) is 13.7 Å². The summed E-state index contributed by atoms with van der Waals surface area (Å²) >= 11 is 0. The van der Waals surface area contributed by atoms with Gasteiger partial charge in [-0.15, -0.1) is 0 Å². The number of rotatable bonds is 2. The van der Waals surface area contributed by atoms with E-state index in [2.05, 4.69) is 24.4 Å². The molecule has 0 bridgehead atoms. The van der Waals surface area contributed by atoms with E-state index >= 15 is 0 Å². The Hall–Kier alpha value is -1.02. The van der Waals surface area contributed by atoms with Gasteiger partial charge in [-0.25, -0.2) is 0 Å². The van der Waals surface area contributed by atoms with E-state index in [1.807, 2.05) is 12.1 Å². The van der Waals surface area contributed by atoms with Crippen LogP contribution in [0.3, 0.4) is 0 Å². The second-order valence-corrected chi connectivity index (χ2v) is 4.04. The second kappa shape index (κ2) is 4.01. The molecule has 1 aliphatic rings. The molecule has 0 amide bonds. The predicted molar refractivity (Wildman–Crippen MR) is 57.5 cm³/mol. The Morgan fingerprint density at radius 2 is 2.14 bits per heavy atom. The fourth-order valence-electron chi connectivity index (χ4n) is 2.10. The van der Waals surface area contributed by atoms with Crippen LogP contribution in [0.2, 0.25) is 0 Å². The monoisotopic (exact) mass is 191 g/mol. The molecule has 14 heavy (non-hydrogen) atoms. The lowest BCUT2D eigenvalue weighted by Gasteiger charge is -2.14. The summed E-state index contributed by atoms with van der Waals surface area (Å²) in [6.07, 6.45) is 1.21. The molecule has 1 N–H and O–H groups in total. The molecule has 0 aliphatic carbocycles. The molecule has 1 aromatic carbocycles. The van der Waals surface area contributed by atoms with Crippen molar-refractivity contribution in [1.82, 2.24) is 5.32 Å². The van der Waals surface area contributed by atoms with Crippen molar-refractivity contribution in [3.8, 4) is 5.75 Å². The number of ether oxygens (including phenoxy) is 1. The van der Waals surface area contributed by atoms with Gasteiger partial charge in [0.05, 0.1) is 7.11 Å². The zero-order valence-electron chi connectivity index (χ0n) is 8.79. The molecule has 0 radical (unpaired) electrons. The van der Waals surface area contributed by atoms with Crippen molar-refractivity contribution < 1.29 is 4.74 Å². The van der Waals surface area contributed by atoms with Gasteiger partial charge in [0.1, 0.15) is 5.75 Å². The topological polar surface area (TPSA) is 21.3 Å². The number of hydrogen-bond acceptors (Lipinski definition) is 2. The lowest BCUT2D eigenvalue weighted by molar-refractivity contribution is 0.403. The maximum Gasteiger partial charge on any atom is 0.123 e. The van der Waals surface area contributed by atoms with E-state index in [1.54, 1.807) is 7.11 Å². The van der Waals surface area contributed by atoms with Gasteiger partial charge in [0.2, 0.25) is 0 Å². The summed E-state index contributed by atoms with van der Waals surface area (Å²) < 4.78 is 5.35.